The van der Waals surface area contributed by atoms with Crippen molar-refractivity contribution in [1.82, 2.24) is 0 Å². The molecule has 85 valence electrons. The maximum atomic E-state index is 7.00. The fourth-order valence-corrected chi connectivity index (χ4v) is 3.67. The molecular formula is C8H25BKO3S. The minimum Gasteiger partial charge on any atom is -1.00 e. The molecule has 0 atom stereocenters. The number of hydrogen-bond donors (Lipinski definition) is 2. The molecule has 0 saturated heterocycles. The summed E-state index contributed by atoms with van der Waals surface area (Å²) in [6.07, 6.45) is 0. The summed E-state index contributed by atoms with van der Waals surface area (Å²) in [6.45, 7) is 9.36. The van der Waals surface area contributed by atoms with E-state index in [1.807, 2.05) is 0 Å². The summed E-state index contributed by atoms with van der Waals surface area (Å²) in [7, 11) is -0.148. The Morgan fingerprint density at radius 1 is 0.929 bits per heavy atom. The molecule has 0 heterocycles. The molecule has 0 aliphatic rings. The summed E-state index contributed by atoms with van der Waals surface area (Å²) in [5.41, 5.74) is 0. The maximum Gasteiger partial charge on any atom is 1.00 e. The van der Waals surface area contributed by atoms with Gasteiger partial charge in [-0.2, -0.15) is 0 Å². The van der Waals surface area contributed by atoms with Crippen molar-refractivity contribution in [2.24, 2.45) is 0 Å². The summed E-state index contributed by atoms with van der Waals surface area (Å²) in [4.78, 5) is 0. The zero-order chi connectivity index (χ0) is 10.0. The third kappa shape index (κ3) is 12.0. The van der Waals surface area contributed by atoms with Crippen LogP contribution in [0.3, 0.4) is 0 Å². The van der Waals surface area contributed by atoms with E-state index >= 15 is 0 Å². The van der Waals surface area contributed by atoms with Gasteiger partial charge in [0.2, 0.25) is 0 Å². The van der Waals surface area contributed by atoms with Crippen molar-refractivity contribution < 1.29 is 68.3 Å². The molecule has 3 nitrogen and oxygen atoms in total. The van der Waals surface area contributed by atoms with E-state index in [-0.39, 0.29) is 76.0 Å². The summed E-state index contributed by atoms with van der Waals surface area (Å²) >= 11 is 0. The van der Waals surface area contributed by atoms with E-state index in [9.17, 15) is 0 Å². The maximum absolute atomic E-state index is 7.00. The van der Waals surface area contributed by atoms with E-state index in [1.165, 1.54) is 23.0 Å². The molecule has 1 radical (unpaired) electrons. The molecule has 0 spiro atoms. The first-order valence-electron chi connectivity index (χ1n) is 4.50. The van der Waals surface area contributed by atoms with Crippen LogP contribution in [0.2, 0.25) is 0 Å². The van der Waals surface area contributed by atoms with Crippen LogP contribution in [-0.2, 0) is 0 Å². The number of rotatable bonds is 4. The van der Waals surface area contributed by atoms with Crippen LogP contribution in [0.1, 0.15) is 29.1 Å². The molecule has 4 N–H and O–H groups in total. The first-order chi connectivity index (χ1) is 5.66. The quantitative estimate of drug-likeness (QED) is 0.550. The van der Waals surface area contributed by atoms with Gasteiger partial charge in [-0.1, -0.05) is 27.7 Å². The van der Waals surface area contributed by atoms with Crippen molar-refractivity contribution in [3.63, 3.8) is 0 Å². The molecule has 0 aromatic heterocycles. The van der Waals surface area contributed by atoms with Gasteiger partial charge in [-0.3, -0.25) is 0 Å². The molecular weight excluding hydrogens is 226 g/mol. The van der Waals surface area contributed by atoms with Gasteiger partial charge in [0.05, 0.1) is 0 Å². The van der Waals surface area contributed by atoms with Gasteiger partial charge >= 0.3 is 59.1 Å². The largest absolute Gasteiger partial charge is 1.00 e. The van der Waals surface area contributed by atoms with Gasteiger partial charge in [0.15, 0.2) is 0 Å². The summed E-state index contributed by atoms with van der Waals surface area (Å²) in [6, 6.07) is 0. The van der Waals surface area contributed by atoms with E-state index in [0.29, 0.717) is 0 Å². The van der Waals surface area contributed by atoms with Gasteiger partial charge in [-0.25, -0.2) is 10.0 Å². The summed E-state index contributed by atoms with van der Waals surface area (Å²) in [5, 5.41) is 14.0. The van der Waals surface area contributed by atoms with E-state index in [2.05, 4.69) is 27.7 Å². The zero-order valence-corrected chi connectivity index (χ0v) is 14.1. The normalized spacial score (nSPS) is 9.86. The van der Waals surface area contributed by atoms with E-state index < -0.39 is 0 Å². The van der Waals surface area contributed by atoms with Crippen LogP contribution in [0.5, 0.6) is 0 Å². The predicted octanol–water partition coefficient (Wildman–Crippen LogP) is -2.33. The Bertz CT molecular complexity index is 82.4. The van der Waals surface area contributed by atoms with Gasteiger partial charge in [0.1, 0.15) is 0 Å². The third-order valence-electron chi connectivity index (χ3n) is 2.45. The van der Waals surface area contributed by atoms with Gasteiger partial charge in [-0.05, 0) is 23.0 Å². The Morgan fingerprint density at radius 3 is 1.07 bits per heavy atom. The van der Waals surface area contributed by atoms with E-state index in [0.717, 1.165) is 0 Å². The van der Waals surface area contributed by atoms with Crippen molar-refractivity contribution in [2.75, 3.05) is 23.0 Å². The molecule has 0 bridgehead atoms. The fourth-order valence-electron chi connectivity index (χ4n) is 1.22. The second-order valence-corrected chi connectivity index (χ2v) is 7.25. The first-order valence-corrected chi connectivity index (χ1v) is 6.81. The Morgan fingerprint density at radius 2 is 1.07 bits per heavy atom. The van der Waals surface area contributed by atoms with Crippen LogP contribution in [0.25, 0.3) is 0 Å². The minimum atomic E-state index is -0.148. The van der Waals surface area contributed by atoms with Crippen molar-refractivity contribution in [3.8, 4) is 0 Å². The summed E-state index contributed by atoms with van der Waals surface area (Å²) < 4.78 is 0. The van der Waals surface area contributed by atoms with Crippen LogP contribution in [0.4, 0.5) is 0 Å². The molecule has 0 unspecified atom stereocenters. The monoisotopic (exact) mass is 251 g/mol. The SMILES string of the molecule is CCS(CC)(CC)CC.O.O[B]O.[H-].[K+]. The van der Waals surface area contributed by atoms with Crippen molar-refractivity contribution in [3.05, 3.63) is 0 Å². The van der Waals surface area contributed by atoms with Crippen LogP contribution in [0.15, 0.2) is 0 Å². The molecule has 0 rings (SSSR count). The van der Waals surface area contributed by atoms with E-state index in [4.69, 9.17) is 10.0 Å². The van der Waals surface area contributed by atoms with Gasteiger partial charge in [0.25, 0.3) is 0 Å². The second-order valence-electron chi connectivity index (χ2n) is 2.49. The van der Waals surface area contributed by atoms with Crippen LogP contribution in [-0.4, -0.2) is 46.2 Å². The van der Waals surface area contributed by atoms with Crippen molar-refractivity contribution in [2.45, 2.75) is 27.7 Å². The van der Waals surface area contributed by atoms with Crippen molar-refractivity contribution >= 4 is 17.7 Å². The molecule has 6 heteroatoms. The predicted molar refractivity (Wildman–Crippen MR) is 64.7 cm³/mol. The molecule has 0 aliphatic carbocycles. The fraction of sp³-hybridized carbons (Fsp3) is 1.00. The molecule has 0 aliphatic heterocycles. The Hall–Kier alpha value is 1.93. The Labute approximate surface area is 135 Å². The average molecular weight is 251 g/mol. The summed E-state index contributed by atoms with van der Waals surface area (Å²) in [5.74, 6) is 5.71. The van der Waals surface area contributed by atoms with Gasteiger partial charge < -0.3 is 17.0 Å². The molecule has 0 saturated carbocycles. The van der Waals surface area contributed by atoms with Gasteiger partial charge in [-0.15, -0.1) is 0 Å². The molecule has 0 aromatic rings. The van der Waals surface area contributed by atoms with E-state index in [1.54, 1.807) is 0 Å². The molecule has 0 fully saturated rings. The molecule has 0 amide bonds. The Kier molecular flexibility index (Phi) is 30.9. The minimum absolute atomic E-state index is 0. The van der Waals surface area contributed by atoms with Gasteiger partial charge in [0, 0.05) is 0 Å². The average Bonchev–Trinajstić information content (AvgIpc) is 2.11. The smallest absolute Gasteiger partial charge is 1.00 e. The number of hydrogen-bond acceptors (Lipinski definition) is 2. The molecule has 14 heavy (non-hydrogen) atoms. The topological polar surface area (TPSA) is 72.0 Å². The first kappa shape index (κ1) is 25.0. The van der Waals surface area contributed by atoms with Crippen LogP contribution in [0, 0.1) is 0 Å². The Balaban J connectivity index is -0.0000000500. The third-order valence-corrected chi connectivity index (χ3v) is 7.35. The van der Waals surface area contributed by atoms with Crippen LogP contribution >= 0.6 is 10.0 Å². The zero-order valence-electron chi connectivity index (χ0n) is 11.2. The standard InChI is InChI=1S/C8H20S.BH2O2.K.H2O.H/c1-5-9(6-2,7-3)8-4;2-1-3;;;/h5-8H2,1-4H3;2-3H;;1H2;/q;;+1;;-1. The van der Waals surface area contributed by atoms with Crippen molar-refractivity contribution in [1.29, 1.82) is 0 Å². The van der Waals surface area contributed by atoms with Crippen LogP contribution < -0.4 is 51.4 Å². The second kappa shape index (κ2) is 17.3. The molecule has 0 aromatic carbocycles.